The number of aromatic amines is 1. The normalized spacial score (nSPS) is 16.8. The quantitative estimate of drug-likeness (QED) is 0.678. The molecule has 0 aromatic carbocycles. The maximum Gasteiger partial charge on any atom is 0.328 e. The van der Waals surface area contributed by atoms with Gasteiger partial charge in [0.1, 0.15) is 5.82 Å². The molecule has 0 bridgehead atoms. The molecule has 9 heteroatoms. The number of H-pyrrole nitrogens is 1. The van der Waals surface area contributed by atoms with Crippen molar-refractivity contribution in [2.75, 3.05) is 37.4 Å². The van der Waals surface area contributed by atoms with Gasteiger partial charge in [0, 0.05) is 51.0 Å². The average Bonchev–Trinajstić information content (AvgIpc) is 3.16. The molecule has 2 aromatic heterocycles. The van der Waals surface area contributed by atoms with Crippen LogP contribution in [-0.2, 0) is 18.2 Å². The molecule has 1 atom stereocenters. The molecular formula is C16H22N6O3. The van der Waals surface area contributed by atoms with E-state index in [-0.39, 0.29) is 11.5 Å². The lowest BCUT2D eigenvalue weighted by Gasteiger charge is -2.12. The highest BCUT2D eigenvalue weighted by molar-refractivity contribution is 5.43. The molecule has 3 rings (SSSR count). The van der Waals surface area contributed by atoms with Gasteiger partial charge in [-0.05, 0) is 12.8 Å². The molecule has 3 N–H and O–H groups in total. The van der Waals surface area contributed by atoms with Gasteiger partial charge in [0.25, 0.3) is 5.56 Å². The molecule has 0 unspecified atom stereocenters. The van der Waals surface area contributed by atoms with E-state index < -0.39 is 5.69 Å². The van der Waals surface area contributed by atoms with E-state index >= 15 is 0 Å². The molecule has 9 nitrogen and oxygen atoms in total. The van der Waals surface area contributed by atoms with Crippen molar-refractivity contribution in [3.8, 4) is 0 Å². The van der Waals surface area contributed by atoms with E-state index in [4.69, 9.17) is 4.74 Å². The van der Waals surface area contributed by atoms with Gasteiger partial charge in [-0.25, -0.2) is 9.78 Å². The largest absolute Gasteiger partial charge is 0.381 e. The van der Waals surface area contributed by atoms with E-state index in [0.29, 0.717) is 36.9 Å². The second-order valence-corrected chi connectivity index (χ2v) is 5.97. The van der Waals surface area contributed by atoms with Gasteiger partial charge in [-0.1, -0.05) is 0 Å². The van der Waals surface area contributed by atoms with Crippen molar-refractivity contribution in [3.63, 3.8) is 0 Å². The van der Waals surface area contributed by atoms with Crippen LogP contribution < -0.4 is 21.9 Å². The van der Waals surface area contributed by atoms with Crippen LogP contribution in [0.3, 0.4) is 0 Å². The molecule has 25 heavy (non-hydrogen) atoms. The standard InChI is InChI=1S/C16H22N6O3/c1-17-15-20-12(11-4-6-25-9-11)7-13(21-15)18-5-3-10-8-19-16(24)22(2)14(10)23/h7-8,11H,3-6,9H2,1-2H3,(H,19,24)(H2,17,18,20,21)/t11-/m0/s1. The highest BCUT2D eigenvalue weighted by atomic mass is 16.5. The molecule has 1 aliphatic heterocycles. The van der Waals surface area contributed by atoms with Gasteiger partial charge in [-0.15, -0.1) is 0 Å². The molecule has 134 valence electrons. The monoisotopic (exact) mass is 346 g/mol. The summed E-state index contributed by atoms with van der Waals surface area (Å²) in [6, 6.07) is 1.92. The summed E-state index contributed by atoms with van der Waals surface area (Å²) in [6.07, 6.45) is 2.89. The van der Waals surface area contributed by atoms with Crippen molar-refractivity contribution in [1.29, 1.82) is 0 Å². The fraction of sp³-hybridized carbons (Fsp3) is 0.500. The van der Waals surface area contributed by atoms with Crippen LogP contribution in [0.25, 0.3) is 0 Å². The first-order valence-corrected chi connectivity index (χ1v) is 8.24. The molecule has 1 fully saturated rings. The molecule has 0 saturated carbocycles. The predicted molar refractivity (Wildman–Crippen MR) is 94.3 cm³/mol. The Morgan fingerprint density at radius 2 is 2.24 bits per heavy atom. The first kappa shape index (κ1) is 17.2. The number of nitrogens with zero attached hydrogens (tertiary/aromatic N) is 3. The van der Waals surface area contributed by atoms with Crippen molar-refractivity contribution in [2.45, 2.75) is 18.8 Å². The minimum Gasteiger partial charge on any atom is -0.381 e. The van der Waals surface area contributed by atoms with E-state index in [0.717, 1.165) is 23.3 Å². The fourth-order valence-corrected chi connectivity index (χ4v) is 2.76. The summed E-state index contributed by atoms with van der Waals surface area (Å²) in [6.45, 7) is 1.94. The molecule has 0 radical (unpaired) electrons. The maximum atomic E-state index is 12.0. The summed E-state index contributed by atoms with van der Waals surface area (Å²) in [4.78, 5) is 34.9. The van der Waals surface area contributed by atoms with Gasteiger partial charge in [-0.3, -0.25) is 9.36 Å². The Morgan fingerprint density at radius 3 is 2.96 bits per heavy atom. The maximum absolute atomic E-state index is 12.0. The lowest BCUT2D eigenvalue weighted by Crippen LogP contribution is -2.34. The zero-order valence-electron chi connectivity index (χ0n) is 14.3. The van der Waals surface area contributed by atoms with Gasteiger partial charge in [0.2, 0.25) is 5.95 Å². The number of hydrogen-bond acceptors (Lipinski definition) is 7. The van der Waals surface area contributed by atoms with Gasteiger partial charge in [0.05, 0.1) is 12.3 Å². The zero-order chi connectivity index (χ0) is 17.8. The van der Waals surface area contributed by atoms with Gasteiger partial charge < -0.3 is 20.4 Å². The predicted octanol–water partition coefficient (Wildman–Crippen LogP) is 0.0638. The first-order valence-electron chi connectivity index (χ1n) is 8.24. The number of aromatic nitrogens is 4. The van der Waals surface area contributed by atoms with Crippen molar-refractivity contribution in [3.05, 3.63) is 44.4 Å². The average molecular weight is 346 g/mol. The lowest BCUT2D eigenvalue weighted by atomic mass is 10.0. The Morgan fingerprint density at radius 1 is 1.40 bits per heavy atom. The topological polar surface area (TPSA) is 114 Å². The number of hydrogen-bond donors (Lipinski definition) is 3. The van der Waals surface area contributed by atoms with Crippen molar-refractivity contribution in [2.24, 2.45) is 7.05 Å². The molecule has 1 aliphatic rings. The highest BCUT2D eigenvalue weighted by Crippen LogP contribution is 2.25. The third-order valence-corrected chi connectivity index (χ3v) is 4.27. The van der Waals surface area contributed by atoms with Crippen LogP contribution >= 0.6 is 0 Å². The molecule has 0 aliphatic carbocycles. The fourth-order valence-electron chi connectivity index (χ4n) is 2.76. The van der Waals surface area contributed by atoms with E-state index in [2.05, 4.69) is 25.6 Å². The van der Waals surface area contributed by atoms with Crippen molar-refractivity contribution in [1.82, 2.24) is 19.5 Å². The van der Waals surface area contributed by atoms with E-state index in [1.54, 1.807) is 7.05 Å². The smallest absolute Gasteiger partial charge is 0.328 e. The van der Waals surface area contributed by atoms with Crippen molar-refractivity contribution < 1.29 is 4.74 Å². The Balaban J connectivity index is 1.70. The number of nitrogens with one attached hydrogen (secondary N) is 3. The van der Waals surface area contributed by atoms with Crippen LogP contribution in [0.4, 0.5) is 11.8 Å². The van der Waals surface area contributed by atoms with E-state index in [1.807, 2.05) is 6.07 Å². The Hall–Kier alpha value is -2.68. The summed E-state index contributed by atoms with van der Waals surface area (Å²) >= 11 is 0. The van der Waals surface area contributed by atoms with Crippen molar-refractivity contribution >= 4 is 11.8 Å². The third-order valence-electron chi connectivity index (χ3n) is 4.27. The Bertz CT molecular complexity index is 854. The molecule has 3 heterocycles. The molecule has 2 aromatic rings. The van der Waals surface area contributed by atoms with Gasteiger partial charge in [0.15, 0.2) is 0 Å². The Kier molecular flexibility index (Phi) is 5.13. The molecule has 1 saturated heterocycles. The molecule has 0 spiro atoms. The minimum absolute atomic E-state index is 0.280. The van der Waals surface area contributed by atoms with Gasteiger partial charge >= 0.3 is 5.69 Å². The van der Waals surface area contributed by atoms with Gasteiger partial charge in [-0.2, -0.15) is 4.98 Å². The SMILES string of the molecule is CNc1nc(NCCc2c[nH]c(=O)n(C)c2=O)cc([C@H]2CCOC2)n1. The van der Waals surface area contributed by atoms with Crippen LogP contribution in [0.15, 0.2) is 21.9 Å². The second-order valence-electron chi connectivity index (χ2n) is 5.97. The first-order chi connectivity index (χ1) is 12.1. The summed E-state index contributed by atoms with van der Waals surface area (Å²) < 4.78 is 6.50. The minimum atomic E-state index is -0.417. The molecular weight excluding hydrogens is 324 g/mol. The van der Waals surface area contributed by atoms with Crippen LogP contribution in [0.2, 0.25) is 0 Å². The number of anilines is 2. The van der Waals surface area contributed by atoms with E-state index in [9.17, 15) is 9.59 Å². The third kappa shape index (κ3) is 3.87. The van der Waals surface area contributed by atoms with Crippen LogP contribution in [0.1, 0.15) is 23.6 Å². The van der Waals surface area contributed by atoms with Crippen LogP contribution in [0, 0.1) is 0 Å². The summed E-state index contributed by atoms with van der Waals surface area (Å²) in [5.41, 5.74) is 0.786. The lowest BCUT2D eigenvalue weighted by molar-refractivity contribution is 0.193. The van der Waals surface area contributed by atoms with E-state index in [1.165, 1.54) is 13.2 Å². The summed E-state index contributed by atoms with van der Waals surface area (Å²) in [7, 11) is 3.23. The van der Waals surface area contributed by atoms with Crippen LogP contribution in [0.5, 0.6) is 0 Å². The molecule has 0 amide bonds. The Labute approximate surface area is 144 Å². The summed E-state index contributed by atoms with van der Waals surface area (Å²) in [5, 5.41) is 6.19. The zero-order valence-corrected chi connectivity index (χ0v) is 14.3. The highest BCUT2D eigenvalue weighted by Gasteiger charge is 2.20. The van der Waals surface area contributed by atoms with Crippen LogP contribution in [-0.4, -0.2) is 46.3 Å². The second kappa shape index (κ2) is 7.47. The number of ether oxygens (including phenoxy) is 1. The number of rotatable bonds is 6. The summed E-state index contributed by atoms with van der Waals surface area (Å²) in [5.74, 6) is 1.52.